The molecule has 2 heterocycles. The molecule has 1 atom stereocenters. The van der Waals surface area contributed by atoms with E-state index in [-0.39, 0.29) is 36.4 Å². The molecule has 0 spiro atoms. The van der Waals surface area contributed by atoms with E-state index in [2.05, 4.69) is 0 Å². The molecule has 1 aromatic heterocycles. The van der Waals surface area contributed by atoms with Gasteiger partial charge < -0.3 is 9.32 Å². The monoisotopic (exact) mass is 431 g/mol. The van der Waals surface area contributed by atoms with Crippen LogP contribution in [0.5, 0.6) is 0 Å². The standard InChI is InChI=1S/C22H22ClNO4S/c1-15-6-7-19-17(13-28-21(19)10-15)11-22(25)24(18-8-9-29(26,27)14-18)12-16-4-2-3-5-20(16)23/h2-7,10,13,18H,8-9,11-12,14H2,1H3/t18-/m0/s1. The number of benzene rings is 2. The van der Waals surface area contributed by atoms with Crippen LogP contribution in [0.15, 0.2) is 53.1 Å². The Hall–Kier alpha value is -2.31. The Kier molecular flexibility index (Phi) is 5.40. The molecule has 0 radical (unpaired) electrons. The van der Waals surface area contributed by atoms with Crippen LogP contribution in [0, 0.1) is 6.92 Å². The molecule has 0 N–H and O–H groups in total. The lowest BCUT2D eigenvalue weighted by atomic mass is 10.1. The Labute approximate surface area is 175 Å². The quantitative estimate of drug-likeness (QED) is 0.608. The van der Waals surface area contributed by atoms with E-state index < -0.39 is 9.84 Å². The number of hydrogen-bond donors (Lipinski definition) is 0. The number of aryl methyl sites for hydroxylation is 1. The molecule has 1 aliphatic heterocycles. The van der Waals surface area contributed by atoms with E-state index in [9.17, 15) is 13.2 Å². The van der Waals surface area contributed by atoms with Gasteiger partial charge in [0.15, 0.2) is 9.84 Å². The number of nitrogens with zero attached hydrogens (tertiary/aromatic N) is 1. The van der Waals surface area contributed by atoms with Gasteiger partial charge in [0.2, 0.25) is 5.91 Å². The molecule has 29 heavy (non-hydrogen) atoms. The maximum Gasteiger partial charge on any atom is 0.227 e. The van der Waals surface area contributed by atoms with Crippen LogP contribution >= 0.6 is 11.6 Å². The highest BCUT2D eigenvalue weighted by Gasteiger charge is 2.35. The normalized spacial score (nSPS) is 18.2. The largest absolute Gasteiger partial charge is 0.464 e. The number of rotatable bonds is 5. The Balaban J connectivity index is 1.62. The fourth-order valence-electron chi connectivity index (χ4n) is 3.84. The molecule has 0 unspecified atom stereocenters. The summed E-state index contributed by atoms with van der Waals surface area (Å²) in [6.45, 7) is 2.27. The Bertz CT molecular complexity index is 1170. The Morgan fingerprint density at radius 3 is 2.72 bits per heavy atom. The van der Waals surface area contributed by atoms with Gasteiger partial charge in [-0.25, -0.2) is 8.42 Å². The van der Waals surface area contributed by atoms with Gasteiger partial charge in [0.1, 0.15) is 5.58 Å². The zero-order chi connectivity index (χ0) is 20.6. The average molecular weight is 432 g/mol. The molecule has 7 heteroatoms. The van der Waals surface area contributed by atoms with Gasteiger partial charge in [-0.2, -0.15) is 0 Å². The first kappa shape index (κ1) is 20.0. The Morgan fingerprint density at radius 1 is 1.21 bits per heavy atom. The van der Waals surface area contributed by atoms with Gasteiger partial charge in [0, 0.05) is 28.6 Å². The van der Waals surface area contributed by atoms with Gasteiger partial charge in [-0.05, 0) is 36.6 Å². The second-order valence-corrected chi connectivity index (χ2v) is 10.2. The van der Waals surface area contributed by atoms with Crippen LogP contribution in [0.1, 0.15) is 23.1 Å². The van der Waals surface area contributed by atoms with Crippen LogP contribution in [0.25, 0.3) is 11.0 Å². The average Bonchev–Trinajstić information content (AvgIpc) is 3.23. The molecular weight excluding hydrogens is 410 g/mol. The first-order valence-corrected chi connectivity index (χ1v) is 11.7. The molecule has 0 aliphatic carbocycles. The van der Waals surface area contributed by atoms with Crippen LogP contribution in [-0.2, 0) is 27.6 Å². The number of fused-ring (bicyclic) bond motifs is 1. The third-order valence-electron chi connectivity index (χ3n) is 5.42. The number of sulfone groups is 1. The van der Waals surface area contributed by atoms with Crippen molar-refractivity contribution in [3.05, 3.63) is 70.4 Å². The zero-order valence-corrected chi connectivity index (χ0v) is 17.7. The van der Waals surface area contributed by atoms with E-state index >= 15 is 0 Å². The summed E-state index contributed by atoms with van der Waals surface area (Å²) >= 11 is 6.30. The summed E-state index contributed by atoms with van der Waals surface area (Å²) < 4.78 is 29.7. The van der Waals surface area contributed by atoms with Gasteiger partial charge in [0.05, 0.1) is 24.2 Å². The minimum atomic E-state index is -3.12. The highest BCUT2D eigenvalue weighted by Crippen LogP contribution is 2.27. The van der Waals surface area contributed by atoms with Gasteiger partial charge in [-0.15, -0.1) is 0 Å². The van der Waals surface area contributed by atoms with Crippen molar-refractivity contribution in [2.24, 2.45) is 0 Å². The number of furan rings is 1. The van der Waals surface area contributed by atoms with Gasteiger partial charge in [-0.1, -0.05) is 41.9 Å². The number of hydrogen-bond acceptors (Lipinski definition) is 4. The van der Waals surface area contributed by atoms with Crippen LogP contribution in [0.2, 0.25) is 5.02 Å². The van der Waals surface area contributed by atoms with Crippen molar-refractivity contribution in [3.8, 4) is 0 Å². The van der Waals surface area contributed by atoms with Crippen LogP contribution < -0.4 is 0 Å². The third-order valence-corrected chi connectivity index (χ3v) is 7.54. The molecule has 1 saturated heterocycles. The van der Waals surface area contributed by atoms with E-state index in [1.807, 2.05) is 43.3 Å². The van der Waals surface area contributed by atoms with Crippen molar-refractivity contribution < 1.29 is 17.6 Å². The van der Waals surface area contributed by atoms with E-state index in [1.165, 1.54) is 0 Å². The number of carbonyl (C=O) groups excluding carboxylic acids is 1. The van der Waals surface area contributed by atoms with Crippen molar-refractivity contribution in [3.63, 3.8) is 0 Å². The van der Waals surface area contributed by atoms with Crippen molar-refractivity contribution in [1.82, 2.24) is 4.90 Å². The van der Waals surface area contributed by atoms with Crippen molar-refractivity contribution >= 4 is 38.3 Å². The lowest BCUT2D eigenvalue weighted by Crippen LogP contribution is -2.41. The van der Waals surface area contributed by atoms with Crippen LogP contribution in [0.3, 0.4) is 0 Å². The second kappa shape index (κ2) is 7.84. The summed E-state index contributed by atoms with van der Waals surface area (Å²) in [4.78, 5) is 14.9. The minimum Gasteiger partial charge on any atom is -0.464 e. The first-order chi connectivity index (χ1) is 13.8. The van der Waals surface area contributed by atoms with Crippen molar-refractivity contribution in [2.45, 2.75) is 32.4 Å². The summed E-state index contributed by atoms with van der Waals surface area (Å²) in [5.41, 5.74) is 3.43. The molecule has 3 aromatic rings. The van der Waals surface area contributed by atoms with Crippen LogP contribution in [-0.4, -0.2) is 36.8 Å². The number of amides is 1. The van der Waals surface area contributed by atoms with E-state index in [1.54, 1.807) is 17.2 Å². The van der Waals surface area contributed by atoms with Crippen molar-refractivity contribution in [2.75, 3.05) is 11.5 Å². The summed E-state index contributed by atoms with van der Waals surface area (Å²) in [5.74, 6) is -0.0258. The predicted molar refractivity (Wildman–Crippen MR) is 114 cm³/mol. The van der Waals surface area contributed by atoms with Gasteiger partial charge in [0.25, 0.3) is 0 Å². The second-order valence-electron chi connectivity index (χ2n) is 7.61. The molecule has 0 saturated carbocycles. The summed E-state index contributed by atoms with van der Waals surface area (Å²) in [7, 11) is -3.12. The minimum absolute atomic E-state index is 0.00543. The summed E-state index contributed by atoms with van der Waals surface area (Å²) in [5, 5.41) is 1.47. The molecule has 1 aliphatic rings. The molecule has 5 nitrogen and oxygen atoms in total. The van der Waals surface area contributed by atoms with Gasteiger partial charge >= 0.3 is 0 Å². The molecule has 1 amide bonds. The maximum absolute atomic E-state index is 13.3. The lowest BCUT2D eigenvalue weighted by Gasteiger charge is -2.29. The molecule has 1 fully saturated rings. The smallest absolute Gasteiger partial charge is 0.227 e. The van der Waals surface area contributed by atoms with Crippen LogP contribution in [0.4, 0.5) is 0 Å². The van der Waals surface area contributed by atoms with E-state index in [4.69, 9.17) is 16.0 Å². The topological polar surface area (TPSA) is 67.6 Å². The van der Waals surface area contributed by atoms with Gasteiger partial charge in [-0.3, -0.25) is 4.79 Å². The number of halogens is 1. The fraction of sp³-hybridized carbons (Fsp3) is 0.318. The highest BCUT2D eigenvalue weighted by molar-refractivity contribution is 7.91. The molecule has 0 bridgehead atoms. The maximum atomic E-state index is 13.3. The zero-order valence-electron chi connectivity index (χ0n) is 16.1. The first-order valence-electron chi connectivity index (χ1n) is 9.52. The van der Waals surface area contributed by atoms with E-state index in [0.29, 0.717) is 11.4 Å². The molecule has 2 aromatic carbocycles. The number of carbonyl (C=O) groups is 1. The Morgan fingerprint density at radius 2 is 2.00 bits per heavy atom. The predicted octanol–water partition coefficient (Wildman–Crippen LogP) is 4.15. The van der Waals surface area contributed by atoms with E-state index in [0.717, 1.165) is 27.7 Å². The lowest BCUT2D eigenvalue weighted by molar-refractivity contribution is -0.133. The SMILES string of the molecule is Cc1ccc2c(CC(=O)N(Cc3ccccc3Cl)[C@H]3CCS(=O)(=O)C3)coc2c1. The molecule has 4 rings (SSSR count). The highest BCUT2D eigenvalue weighted by atomic mass is 35.5. The fourth-order valence-corrected chi connectivity index (χ4v) is 5.77. The van der Waals surface area contributed by atoms with Crippen molar-refractivity contribution in [1.29, 1.82) is 0 Å². The summed E-state index contributed by atoms with van der Waals surface area (Å²) in [6.07, 6.45) is 2.21. The summed E-state index contributed by atoms with van der Waals surface area (Å²) in [6, 6.07) is 12.9. The molecular formula is C22H22ClNO4S. The third kappa shape index (κ3) is 4.33. The molecule has 152 valence electrons.